The monoisotopic (exact) mass is 360 g/mol. The molecule has 2 aliphatic heterocycles. The number of carbonyl (C=O) groups excluding carboxylic acids is 2. The normalized spacial score (nSPS) is 22.5. The Labute approximate surface area is 154 Å². The lowest BCUT2D eigenvalue weighted by atomic mass is 9.71. The van der Waals surface area contributed by atoms with Gasteiger partial charge < -0.3 is 20.0 Å². The average molecular weight is 360 g/mol. The summed E-state index contributed by atoms with van der Waals surface area (Å²) in [6.45, 7) is 4.01. The van der Waals surface area contributed by atoms with Crippen molar-refractivity contribution in [3.05, 3.63) is 29.8 Å². The van der Waals surface area contributed by atoms with Gasteiger partial charge in [-0.25, -0.2) is 0 Å². The molecule has 2 saturated heterocycles. The third-order valence-corrected chi connectivity index (χ3v) is 5.79. The van der Waals surface area contributed by atoms with Gasteiger partial charge in [-0.2, -0.15) is 0 Å². The second kappa shape index (κ2) is 7.66. The van der Waals surface area contributed by atoms with E-state index in [1.165, 1.54) is 0 Å². The molecule has 142 valence electrons. The molecule has 26 heavy (non-hydrogen) atoms. The van der Waals surface area contributed by atoms with Gasteiger partial charge in [0.1, 0.15) is 5.75 Å². The highest BCUT2D eigenvalue weighted by molar-refractivity contribution is 5.76. The molecule has 1 unspecified atom stereocenters. The minimum atomic E-state index is -0.472. The fourth-order valence-corrected chi connectivity index (χ4v) is 4.31. The van der Waals surface area contributed by atoms with Crippen LogP contribution in [0.2, 0.25) is 0 Å². The molecule has 2 amide bonds. The summed E-state index contributed by atoms with van der Waals surface area (Å²) in [6.07, 6.45) is 2.94. The zero-order valence-corrected chi connectivity index (χ0v) is 15.4. The Bertz CT molecular complexity index is 668. The number of aliphatic hydroxyl groups is 1. The quantitative estimate of drug-likeness (QED) is 0.857. The maximum absolute atomic E-state index is 12.5. The molecule has 1 aromatic carbocycles. The van der Waals surface area contributed by atoms with Crippen LogP contribution >= 0.6 is 0 Å². The van der Waals surface area contributed by atoms with Gasteiger partial charge in [0.15, 0.2) is 0 Å². The third-order valence-electron chi connectivity index (χ3n) is 5.79. The molecule has 6 heteroatoms. The van der Waals surface area contributed by atoms with Gasteiger partial charge in [-0.1, -0.05) is 12.1 Å². The third kappa shape index (κ3) is 4.36. The Balaban J connectivity index is 1.52. The topological polar surface area (TPSA) is 81.1 Å². The van der Waals surface area contributed by atoms with E-state index >= 15 is 0 Å². The summed E-state index contributed by atoms with van der Waals surface area (Å²) in [7, 11) is 0. The molecule has 1 spiro atoms. The van der Waals surface area contributed by atoms with Crippen molar-refractivity contribution >= 4 is 11.8 Å². The summed E-state index contributed by atoms with van der Waals surface area (Å²) in [5.74, 6) is 0.358. The maximum atomic E-state index is 12.5. The van der Waals surface area contributed by atoms with Crippen molar-refractivity contribution in [3.8, 4) is 5.75 Å². The van der Waals surface area contributed by atoms with E-state index in [9.17, 15) is 19.8 Å². The van der Waals surface area contributed by atoms with E-state index < -0.39 is 6.10 Å². The number of hydrogen-bond donors (Lipinski definition) is 2. The zero-order valence-electron chi connectivity index (χ0n) is 15.4. The Kier molecular flexibility index (Phi) is 5.51. The standard InChI is InChI=1S/C20H28N2O4/c1-15(23)22-13-18(25)12-20(14-22)7-9-21(10-8-20)19(26)6-5-16-3-2-4-17(24)11-16/h2-4,11,18,24-25H,5-10,12-14H2,1H3. The summed E-state index contributed by atoms with van der Waals surface area (Å²) >= 11 is 0. The van der Waals surface area contributed by atoms with Crippen LogP contribution in [-0.4, -0.2) is 64.1 Å². The van der Waals surface area contributed by atoms with E-state index in [0.717, 1.165) is 18.4 Å². The van der Waals surface area contributed by atoms with E-state index in [0.29, 0.717) is 45.4 Å². The number of hydrogen-bond acceptors (Lipinski definition) is 4. The van der Waals surface area contributed by atoms with Crippen LogP contribution in [0.4, 0.5) is 0 Å². The maximum Gasteiger partial charge on any atom is 0.222 e. The van der Waals surface area contributed by atoms with Crippen molar-refractivity contribution in [3.63, 3.8) is 0 Å². The van der Waals surface area contributed by atoms with Crippen LogP contribution < -0.4 is 0 Å². The molecule has 3 rings (SSSR count). The number of aromatic hydroxyl groups is 1. The van der Waals surface area contributed by atoms with Gasteiger partial charge in [-0.05, 0) is 48.8 Å². The van der Waals surface area contributed by atoms with E-state index in [4.69, 9.17) is 0 Å². The van der Waals surface area contributed by atoms with E-state index in [1.54, 1.807) is 30.0 Å². The molecule has 2 heterocycles. The minimum Gasteiger partial charge on any atom is -0.508 e. The molecule has 0 bridgehead atoms. The summed E-state index contributed by atoms with van der Waals surface area (Å²) in [4.78, 5) is 27.9. The van der Waals surface area contributed by atoms with E-state index in [2.05, 4.69) is 0 Å². The second-order valence-corrected chi connectivity index (χ2v) is 7.81. The lowest BCUT2D eigenvalue weighted by Gasteiger charge is -2.49. The highest BCUT2D eigenvalue weighted by Crippen LogP contribution is 2.40. The van der Waals surface area contributed by atoms with Gasteiger partial charge in [-0.3, -0.25) is 9.59 Å². The summed E-state index contributed by atoms with van der Waals surface area (Å²) in [6, 6.07) is 7.02. The van der Waals surface area contributed by atoms with Gasteiger partial charge in [-0.15, -0.1) is 0 Å². The number of piperidine rings is 2. The lowest BCUT2D eigenvalue weighted by Crippen LogP contribution is -2.55. The number of benzene rings is 1. The van der Waals surface area contributed by atoms with Crippen molar-refractivity contribution in [1.29, 1.82) is 0 Å². The Morgan fingerprint density at radius 2 is 1.96 bits per heavy atom. The Hall–Kier alpha value is -2.08. The number of rotatable bonds is 3. The first-order valence-corrected chi connectivity index (χ1v) is 9.36. The van der Waals surface area contributed by atoms with Crippen LogP contribution in [0.3, 0.4) is 0 Å². The number of aliphatic hydroxyl groups excluding tert-OH is 1. The van der Waals surface area contributed by atoms with Crippen LogP contribution in [-0.2, 0) is 16.0 Å². The van der Waals surface area contributed by atoms with Crippen molar-refractivity contribution in [2.75, 3.05) is 26.2 Å². The fraction of sp³-hybridized carbons (Fsp3) is 0.600. The zero-order chi connectivity index (χ0) is 18.7. The predicted molar refractivity (Wildman–Crippen MR) is 97.6 cm³/mol. The van der Waals surface area contributed by atoms with Crippen LogP contribution in [0.25, 0.3) is 0 Å². The minimum absolute atomic E-state index is 0.00717. The first-order chi connectivity index (χ1) is 12.4. The second-order valence-electron chi connectivity index (χ2n) is 7.81. The molecule has 2 aliphatic rings. The summed E-state index contributed by atoms with van der Waals surface area (Å²) in [5, 5.41) is 19.7. The average Bonchev–Trinajstić information content (AvgIpc) is 2.60. The number of aryl methyl sites for hydroxylation is 1. The van der Waals surface area contributed by atoms with Crippen molar-refractivity contribution in [2.45, 2.75) is 45.1 Å². The molecule has 0 radical (unpaired) electrons. The Morgan fingerprint density at radius 1 is 1.23 bits per heavy atom. The van der Waals surface area contributed by atoms with E-state index in [-0.39, 0.29) is 23.0 Å². The van der Waals surface area contributed by atoms with Crippen LogP contribution in [0.5, 0.6) is 5.75 Å². The molecule has 0 aliphatic carbocycles. The smallest absolute Gasteiger partial charge is 0.222 e. The van der Waals surface area contributed by atoms with Crippen molar-refractivity contribution < 1.29 is 19.8 Å². The lowest BCUT2D eigenvalue weighted by molar-refractivity contribution is -0.142. The largest absolute Gasteiger partial charge is 0.508 e. The molecule has 1 atom stereocenters. The number of carbonyl (C=O) groups is 2. The molecule has 0 aromatic heterocycles. The first-order valence-electron chi connectivity index (χ1n) is 9.36. The highest BCUT2D eigenvalue weighted by Gasteiger charge is 2.42. The van der Waals surface area contributed by atoms with Crippen LogP contribution in [0.1, 0.15) is 38.2 Å². The number of β-amino-alcohol motifs (C(OH)–C–C–N with tert-alkyl or cyclic N) is 1. The number of phenols is 1. The summed E-state index contributed by atoms with van der Waals surface area (Å²) < 4.78 is 0. The van der Waals surface area contributed by atoms with Crippen LogP contribution in [0.15, 0.2) is 24.3 Å². The Morgan fingerprint density at radius 3 is 2.62 bits per heavy atom. The first kappa shape index (κ1) is 18.7. The number of amides is 2. The molecule has 6 nitrogen and oxygen atoms in total. The number of nitrogens with zero attached hydrogens (tertiary/aromatic N) is 2. The van der Waals surface area contributed by atoms with Crippen LogP contribution in [0, 0.1) is 5.41 Å². The van der Waals surface area contributed by atoms with Gasteiger partial charge >= 0.3 is 0 Å². The molecule has 1 aromatic rings. The van der Waals surface area contributed by atoms with Crippen molar-refractivity contribution in [2.24, 2.45) is 5.41 Å². The number of likely N-dealkylation sites (tertiary alicyclic amines) is 2. The molecular weight excluding hydrogens is 332 g/mol. The molecule has 2 N–H and O–H groups in total. The van der Waals surface area contributed by atoms with Gasteiger partial charge in [0.05, 0.1) is 6.10 Å². The molecular formula is C20H28N2O4. The summed E-state index contributed by atoms with van der Waals surface area (Å²) in [5.41, 5.74) is 0.894. The highest BCUT2D eigenvalue weighted by atomic mass is 16.3. The SMILES string of the molecule is CC(=O)N1CC(O)CC2(CCN(C(=O)CCc3cccc(O)c3)CC2)C1. The molecule has 2 fully saturated rings. The predicted octanol–water partition coefficient (Wildman–Crippen LogP) is 1.55. The van der Waals surface area contributed by atoms with Crippen molar-refractivity contribution in [1.82, 2.24) is 9.80 Å². The van der Waals surface area contributed by atoms with Gasteiger partial charge in [0.2, 0.25) is 11.8 Å². The fourth-order valence-electron chi connectivity index (χ4n) is 4.31. The number of phenolic OH excluding ortho intramolecular Hbond substituents is 1. The van der Waals surface area contributed by atoms with Gasteiger partial charge in [0.25, 0.3) is 0 Å². The van der Waals surface area contributed by atoms with Gasteiger partial charge in [0, 0.05) is 39.5 Å². The molecule has 0 saturated carbocycles. The van der Waals surface area contributed by atoms with E-state index in [1.807, 2.05) is 11.0 Å².